The summed E-state index contributed by atoms with van der Waals surface area (Å²) in [5, 5.41) is 12.3. The highest BCUT2D eigenvalue weighted by Crippen LogP contribution is 2.25. The molecule has 2 unspecified atom stereocenters. The highest BCUT2D eigenvalue weighted by atomic mass is 32.2. The molecule has 0 aromatic heterocycles. The maximum atomic E-state index is 13.5. The lowest BCUT2D eigenvalue weighted by atomic mass is 10.1. The standard InChI is InChI=1S/C16H20F4N2O6S/c1-15(2)27-7-13(28-15)12(23)6-21-14(24)10-5-9(17)3-4-11(10)22-29(25,26)8-16(18,19)20/h3-5,12-13,22-23H,6-8H2,1-2H3,(H,21,24). The number of carbonyl (C=O) groups is 1. The Morgan fingerprint density at radius 3 is 2.59 bits per heavy atom. The van der Waals surface area contributed by atoms with Crippen molar-refractivity contribution >= 4 is 21.6 Å². The van der Waals surface area contributed by atoms with Crippen LogP contribution in [0.3, 0.4) is 0 Å². The van der Waals surface area contributed by atoms with Crippen LogP contribution < -0.4 is 10.0 Å². The van der Waals surface area contributed by atoms with Crippen LogP contribution in [0.4, 0.5) is 23.2 Å². The lowest BCUT2D eigenvalue weighted by Crippen LogP contribution is -2.41. The SMILES string of the molecule is CC1(C)OCC(C(O)CNC(=O)c2cc(F)ccc2NS(=O)(=O)CC(F)(F)F)O1. The van der Waals surface area contributed by atoms with Crippen molar-refractivity contribution in [1.29, 1.82) is 0 Å². The van der Waals surface area contributed by atoms with E-state index in [1.807, 2.05) is 0 Å². The molecule has 29 heavy (non-hydrogen) atoms. The summed E-state index contributed by atoms with van der Waals surface area (Å²) in [4.78, 5) is 12.3. The van der Waals surface area contributed by atoms with Gasteiger partial charge in [-0.2, -0.15) is 13.2 Å². The van der Waals surface area contributed by atoms with Gasteiger partial charge in [-0.1, -0.05) is 0 Å². The number of alkyl halides is 3. The number of rotatable bonds is 7. The van der Waals surface area contributed by atoms with Gasteiger partial charge in [-0.15, -0.1) is 0 Å². The summed E-state index contributed by atoms with van der Waals surface area (Å²) in [6.07, 6.45) is -6.95. The number of nitrogens with one attached hydrogen (secondary N) is 2. The summed E-state index contributed by atoms with van der Waals surface area (Å²) >= 11 is 0. The van der Waals surface area contributed by atoms with Crippen molar-refractivity contribution in [3.05, 3.63) is 29.6 Å². The first-order chi connectivity index (χ1) is 13.2. The molecule has 8 nitrogen and oxygen atoms in total. The first-order valence-electron chi connectivity index (χ1n) is 8.32. The van der Waals surface area contributed by atoms with Crippen molar-refractivity contribution in [2.24, 2.45) is 0 Å². The Balaban J connectivity index is 2.09. The van der Waals surface area contributed by atoms with Crippen LogP contribution in [0.5, 0.6) is 0 Å². The van der Waals surface area contributed by atoms with Crippen molar-refractivity contribution < 1.29 is 45.4 Å². The third-order valence-electron chi connectivity index (χ3n) is 3.78. The molecule has 1 fully saturated rings. The van der Waals surface area contributed by atoms with Crippen LogP contribution in [0.1, 0.15) is 24.2 Å². The Labute approximate surface area is 164 Å². The lowest BCUT2D eigenvalue weighted by molar-refractivity contribution is -0.150. The predicted octanol–water partition coefficient (Wildman–Crippen LogP) is 1.37. The van der Waals surface area contributed by atoms with Gasteiger partial charge in [-0.3, -0.25) is 9.52 Å². The monoisotopic (exact) mass is 444 g/mol. The number of benzene rings is 1. The average Bonchev–Trinajstić information content (AvgIpc) is 2.91. The molecule has 1 amide bonds. The van der Waals surface area contributed by atoms with E-state index in [1.54, 1.807) is 18.6 Å². The van der Waals surface area contributed by atoms with Gasteiger partial charge >= 0.3 is 6.18 Å². The Kier molecular flexibility index (Phi) is 6.77. The van der Waals surface area contributed by atoms with Gasteiger partial charge in [0, 0.05) is 6.54 Å². The molecule has 0 spiro atoms. The molecule has 1 saturated heterocycles. The zero-order valence-corrected chi connectivity index (χ0v) is 16.2. The number of hydrogen-bond acceptors (Lipinski definition) is 6. The first kappa shape index (κ1) is 23.3. The fourth-order valence-electron chi connectivity index (χ4n) is 2.54. The van der Waals surface area contributed by atoms with Crippen LogP contribution in [0.15, 0.2) is 18.2 Å². The van der Waals surface area contributed by atoms with E-state index in [4.69, 9.17) is 9.47 Å². The second kappa shape index (κ2) is 8.42. The minimum Gasteiger partial charge on any atom is -0.388 e. The largest absolute Gasteiger partial charge is 0.404 e. The minimum absolute atomic E-state index is 0.0620. The molecule has 2 rings (SSSR count). The van der Waals surface area contributed by atoms with Gasteiger partial charge in [-0.25, -0.2) is 12.8 Å². The third kappa shape index (κ3) is 7.10. The Morgan fingerprint density at radius 1 is 1.38 bits per heavy atom. The maximum Gasteiger partial charge on any atom is 0.404 e. The molecule has 0 aliphatic carbocycles. The van der Waals surface area contributed by atoms with E-state index in [0.29, 0.717) is 6.07 Å². The summed E-state index contributed by atoms with van der Waals surface area (Å²) in [6, 6.07) is 2.26. The first-order valence-corrected chi connectivity index (χ1v) is 9.97. The van der Waals surface area contributed by atoms with Crippen molar-refractivity contribution in [2.75, 3.05) is 23.6 Å². The van der Waals surface area contributed by atoms with Gasteiger partial charge in [0.2, 0.25) is 10.0 Å². The van der Waals surface area contributed by atoms with Crippen LogP contribution in [0.2, 0.25) is 0 Å². The summed E-state index contributed by atoms with van der Waals surface area (Å²) in [5.41, 5.74) is -1.09. The molecule has 1 aliphatic rings. The number of sulfonamides is 1. The topological polar surface area (TPSA) is 114 Å². The molecular weight excluding hydrogens is 424 g/mol. The van der Waals surface area contributed by atoms with Crippen LogP contribution in [0.25, 0.3) is 0 Å². The highest BCUT2D eigenvalue weighted by Gasteiger charge is 2.37. The Morgan fingerprint density at radius 2 is 2.03 bits per heavy atom. The van der Waals surface area contributed by atoms with Gasteiger partial charge < -0.3 is 19.9 Å². The van der Waals surface area contributed by atoms with Gasteiger partial charge in [0.1, 0.15) is 11.9 Å². The molecule has 1 heterocycles. The lowest BCUT2D eigenvalue weighted by Gasteiger charge is -2.21. The van der Waals surface area contributed by atoms with E-state index in [-0.39, 0.29) is 13.2 Å². The van der Waals surface area contributed by atoms with E-state index >= 15 is 0 Å². The number of ether oxygens (including phenoxy) is 2. The second-order valence-electron chi connectivity index (χ2n) is 6.81. The van der Waals surface area contributed by atoms with Crippen molar-refractivity contribution in [3.8, 4) is 0 Å². The van der Waals surface area contributed by atoms with Crippen LogP contribution >= 0.6 is 0 Å². The molecule has 0 bridgehead atoms. The fourth-order valence-corrected chi connectivity index (χ4v) is 3.56. The molecule has 0 saturated carbocycles. The molecular formula is C16H20F4N2O6S. The predicted molar refractivity (Wildman–Crippen MR) is 93.1 cm³/mol. The molecule has 3 N–H and O–H groups in total. The number of halogens is 4. The third-order valence-corrected chi connectivity index (χ3v) is 5.01. The van der Waals surface area contributed by atoms with Crippen LogP contribution in [-0.2, 0) is 19.5 Å². The van der Waals surface area contributed by atoms with Gasteiger partial charge in [0.15, 0.2) is 11.5 Å². The van der Waals surface area contributed by atoms with E-state index in [1.165, 1.54) is 0 Å². The van der Waals surface area contributed by atoms with Crippen LogP contribution in [-0.4, -0.2) is 62.5 Å². The molecule has 1 aromatic rings. The summed E-state index contributed by atoms with van der Waals surface area (Å²) in [6.45, 7) is 2.97. The van der Waals surface area contributed by atoms with Gasteiger partial charge in [-0.05, 0) is 32.0 Å². The minimum atomic E-state index is -5.00. The summed E-state index contributed by atoms with van der Waals surface area (Å²) in [5.74, 6) is -5.01. The van der Waals surface area contributed by atoms with Crippen LogP contribution in [0, 0.1) is 5.82 Å². The van der Waals surface area contributed by atoms with Gasteiger partial charge in [0.05, 0.1) is 24.0 Å². The number of amides is 1. The molecule has 13 heteroatoms. The number of hydrogen-bond donors (Lipinski definition) is 3. The number of aliphatic hydroxyl groups is 1. The smallest absolute Gasteiger partial charge is 0.388 e. The second-order valence-corrected chi connectivity index (χ2v) is 8.53. The zero-order valence-electron chi connectivity index (χ0n) is 15.4. The number of anilines is 1. The van der Waals surface area contributed by atoms with E-state index in [9.17, 15) is 35.9 Å². The molecule has 1 aromatic carbocycles. The normalized spacial score (nSPS) is 20.3. The Hall–Kier alpha value is -1.96. The van der Waals surface area contributed by atoms with E-state index in [0.717, 1.165) is 12.1 Å². The van der Waals surface area contributed by atoms with E-state index in [2.05, 4.69) is 5.32 Å². The highest BCUT2D eigenvalue weighted by molar-refractivity contribution is 7.92. The van der Waals surface area contributed by atoms with Crippen molar-refractivity contribution in [3.63, 3.8) is 0 Å². The number of aliphatic hydroxyl groups excluding tert-OH is 1. The molecule has 164 valence electrons. The number of carbonyl (C=O) groups excluding carboxylic acids is 1. The average molecular weight is 444 g/mol. The summed E-state index contributed by atoms with van der Waals surface area (Å²) in [7, 11) is -4.88. The Bertz CT molecular complexity index is 859. The fraction of sp³-hybridized carbons (Fsp3) is 0.562. The van der Waals surface area contributed by atoms with Crippen molar-refractivity contribution in [1.82, 2.24) is 5.32 Å². The van der Waals surface area contributed by atoms with Crippen molar-refractivity contribution in [2.45, 2.75) is 38.0 Å². The quantitative estimate of drug-likeness (QED) is 0.548. The molecule has 0 radical (unpaired) electrons. The van der Waals surface area contributed by atoms with E-state index < -0.39 is 62.9 Å². The molecule has 1 aliphatic heterocycles. The zero-order chi connectivity index (χ0) is 22.0. The maximum absolute atomic E-state index is 13.5. The summed E-state index contributed by atoms with van der Waals surface area (Å²) < 4.78 is 86.3. The van der Waals surface area contributed by atoms with Gasteiger partial charge in [0.25, 0.3) is 5.91 Å². The molecule has 2 atom stereocenters.